The first kappa shape index (κ1) is 16.9. The average molecular weight is 337 g/mol. The summed E-state index contributed by atoms with van der Waals surface area (Å²) in [6.45, 7) is 0. The van der Waals surface area contributed by atoms with Crippen molar-refractivity contribution in [3.05, 3.63) is 70.7 Å². The van der Waals surface area contributed by atoms with Crippen molar-refractivity contribution in [1.82, 2.24) is 0 Å². The molecule has 0 amide bonds. The summed E-state index contributed by atoms with van der Waals surface area (Å²) in [5.41, 5.74) is 1.57. The van der Waals surface area contributed by atoms with E-state index in [0.29, 0.717) is 5.02 Å². The number of thioether (sulfide) groups is 1. The fourth-order valence-corrected chi connectivity index (χ4v) is 3.34. The zero-order valence-corrected chi connectivity index (χ0v) is 13.9. The van der Waals surface area contributed by atoms with Crippen LogP contribution < -0.4 is 0 Å². The SMILES string of the molecule is COC(=O)C(SC(OC)c1ccccc1)c1ccc(Cl)cc1. The minimum Gasteiger partial charge on any atom is -0.468 e. The number of halogens is 1. The van der Waals surface area contributed by atoms with Crippen molar-refractivity contribution in [3.8, 4) is 0 Å². The van der Waals surface area contributed by atoms with E-state index in [1.165, 1.54) is 18.9 Å². The topological polar surface area (TPSA) is 35.5 Å². The molecule has 116 valence electrons. The van der Waals surface area contributed by atoms with E-state index >= 15 is 0 Å². The maximum atomic E-state index is 12.1. The number of rotatable bonds is 6. The molecule has 22 heavy (non-hydrogen) atoms. The molecule has 3 nitrogen and oxygen atoms in total. The Kier molecular flexibility index (Phi) is 6.31. The van der Waals surface area contributed by atoms with Gasteiger partial charge in [0.2, 0.25) is 0 Å². The smallest absolute Gasteiger partial charge is 0.323 e. The Morgan fingerprint density at radius 1 is 1.00 bits per heavy atom. The quantitative estimate of drug-likeness (QED) is 0.569. The van der Waals surface area contributed by atoms with E-state index in [1.807, 2.05) is 42.5 Å². The molecule has 2 atom stereocenters. The van der Waals surface area contributed by atoms with Crippen LogP contribution in [0.25, 0.3) is 0 Å². The molecule has 0 aromatic heterocycles. The molecule has 0 aliphatic carbocycles. The molecule has 0 N–H and O–H groups in total. The first-order chi connectivity index (χ1) is 10.7. The van der Waals surface area contributed by atoms with Crippen LogP contribution in [0.2, 0.25) is 5.02 Å². The van der Waals surface area contributed by atoms with Crippen LogP contribution in [0.5, 0.6) is 0 Å². The molecular formula is C17H17ClO3S. The highest BCUT2D eigenvalue weighted by Gasteiger charge is 2.27. The number of benzene rings is 2. The molecule has 0 bridgehead atoms. The summed E-state index contributed by atoms with van der Waals surface area (Å²) in [6, 6.07) is 16.9. The van der Waals surface area contributed by atoms with E-state index in [1.54, 1.807) is 19.2 Å². The standard InChI is InChI=1S/C17H17ClO3S/c1-20-16(19)15(12-8-10-14(18)11-9-12)22-17(21-2)13-6-4-3-5-7-13/h3-11,15,17H,1-2H3. The minimum absolute atomic E-state index is 0.263. The third kappa shape index (κ3) is 4.26. The molecule has 0 spiro atoms. The monoisotopic (exact) mass is 336 g/mol. The number of carbonyl (C=O) groups is 1. The predicted molar refractivity (Wildman–Crippen MR) is 90.0 cm³/mol. The Balaban J connectivity index is 2.26. The maximum Gasteiger partial charge on any atom is 0.323 e. The highest BCUT2D eigenvalue weighted by atomic mass is 35.5. The number of methoxy groups -OCH3 is 2. The molecule has 5 heteroatoms. The van der Waals surface area contributed by atoms with E-state index in [-0.39, 0.29) is 11.4 Å². The van der Waals surface area contributed by atoms with Crippen LogP contribution in [-0.4, -0.2) is 20.2 Å². The fraction of sp³-hybridized carbons (Fsp3) is 0.235. The van der Waals surface area contributed by atoms with Gasteiger partial charge in [0.15, 0.2) is 0 Å². The van der Waals surface area contributed by atoms with Crippen LogP contribution in [0.1, 0.15) is 21.8 Å². The van der Waals surface area contributed by atoms with Crippen molar-refractivity contribution in [2.75, 3.05) is 14.2 Å². The maximum absolute atomic E-state index is 12.1. The van der Waals surface area contributed by atoms with Gasteiger partial charge in [-0.15, -0.1) is 11.8 Å². The molecule has 2 rings (SSSR count). The minimum atomic E-state index is -0.479. The van der Waals surface area contributed by atoms with Gasteiger partial charge in [-0.25, -0.2) is 0 Å². The summed E-state index contributed by atoms with van der Waals surface area (Å²) in [7, 11) is 3.01. The summed E-state index contributed by atoms with van der Waals surface area (Å²) in [4.78, 5) is 12.1. The Hall–Kier alpha value is -1.49. The average Bonchev–Trinajstić information content (AvgIpc) is 2.57. The Bertz CT molecular complexity index is 601. The summed E-state index contributed by atoms with van der Waals surface area (Å²) < 4.78 is 10.5. The lowest BCUT2D eigenvalue weighted by atomic mass is 10.1. The second kappa shape index (κ2) is 8.22. The molecule has 0 heterocycles. The number of hydrogen-bond acceptors (Lipinski definition) is 4. The zero-order chi connectivity index (χ0) is 15.9. The number of hydrogen-bond donors (Lipinski definition) is 0. The molecule has 2 aromatic carbocycles. The van der Waals surface area contributed by atoms with E-state index in [9.17, 15) is 4.79 Å². The van der Waals surface area contributed by atoms with Crippen LogP contribution in [0.4, 0.5) is 0 Å². The highest BCUT2D eigenvalue weighted by Crippen LogP contribution is 2.41. The van der Waals surface area contributed by atoms with Gasteiger partial charge in [0.25, 0.3) is 0 Å². The van der Waals surface area contributed by atoms with E-state index in [0.717, 1.165) is 11.1 Å². The molecule has 2 unspecified atom stereocenters. The van der Waals surface area contributed by atoms with Gasteiger partial charge in [-0.3, -0.25) is 4.79 Å². The molecule has 0 aliphatic heterocycles. The van der Waals surface area contributed by atoms with Crippen molar-refractivity contribution in [2.24, 2.45) is 0 Å². The molecule has 0 saturated heterocycles. The predicted octanol–water partition coefficient (Wildman–Crippen LogP) is 4.63. The molecule has 0 saturated carbocycles. The summed E-state index contributed by atoms with van der Waals surface area (Å²) in [5.74, 6) is -0.315. The van der Waals surface area contributed by atoms with Crippen molar-refractivity contribution < 1.29 is 14.3 Å². The zero-order valence-electron chi connectivity index (χ0n) is 12.4. The summed E-state index contributed by atoms with van der Waals surface area (Å²) >= 11 is 7.31. The number of esters is 1. The molecule has 0 aliphatic rings. The number of carbonyl (C=O) groups excluding carboxylic acids is 1. The van der Waals surface area contributed by atoms with E-state index in [2.05, 4.69) is 0 Å². The van der Waals surface area contributed by atoms with Crippen LogP contribution in [0.15, 0.2) is 54.6 Å². The van der Waals surface area contributed by atoms with Crippen LogP contribution in [-0.2, 0) is 14.3 Å². The van der Waals surface area contributed by atoms with Crippen molar-refractivity contribution >= 4 is 29.3 Å². The Morgan fingerprint density at radius 3 is 2.18 bits per heavy atom. The first-order valence-corrected chi connectivity index (χ1v) is 8.04. The lowest BCUT2D eigenvalue weighted by molar-refractivity contribution is -0.140. The van der Waals surface area contributed by atoms with Gasteiger partial charge >= 0.3 is 5.97 Å². The largest absolute Gasteiger partial charge is 0.468 e. The lowest BCUT2D eigenvalue weighted by Crippen LogP contribution is -2.13. The molecule has 0 radical (unpaired) electrons. The molecular weight excluding hydrogens is 320 g/mol. The summed E-state index contributed by atoms with van der Waals surface area (Å²) in [5, 5.41) is 0.149. The van der Waals surface area contributed by atoms with Crippen LogP contribution >= 0.6 is 23.4 Å². The van der Waals surface area contributed by atoms with Crippen molar-refractivity contribution in [1.29, 1.82) is 0 Å². The first-order valence-electron chi connectivity index (χ1n) is 6.72. The normalized spacial score (nSPS) is 13.4. The van der Waals surface area contributed by atoms with Crippen LogP contribution in [0, 0.1) is 0 Å². The Morgan fingerprint density at radius 2 is 1.64 bits per heavy atom. The van der Waals surface area contributed by atoms with E-state index < -0.39 is 5.25 Å². The third-order valence-electron chi connectivity index (χ3n) is 3.13. The van der Waals surface area contributed by atoms with E-state index in [4.69, 9.17) is 21.1 Å². The Labute approximate surface area is 139 Å². The van der Waals surface area contributed by atoms with Crippen LogP contribution in [0.3, 0.4) is 0 Å². The molecule has 0 fully saturated rings. The summed E-state index contributed by atoms with van der Waals surface area (Å²) in [6.07, 6.45) is 0. The second-order valence-electron chi connectivity index (χ2n) is 4.57. The number of ether oxygens (including phenoxy) is 2. The van der Waals surface area contributed by atoms with Crippen molar-refractivity contribution in [2.45, 2.75) is 10.7 Å². The van der Waals surface area contributed by atoms with Gasteiger partial charge in [-0.1, -0.05) is 54.1 Å². The van der Waals surface area contributed by atoms with Gasteiger partial charge in [0, 0.05) is 12.1 Å². The highest BCUT2D eigenvalue weighted by molar-refractivity contribution is 8.00. The van der Waals surface area contributed by atoms with Crippen molar-refractivity contribution in [3.63, 3.8) is 0 Å². The lowest BCUT2D eigenvalue weighted by Gasteiger charge is -2.21. The molecule has 2 aromatic rings. The second-order valence-corrected chi connectivity index (χ2v) is 6.18. The fourth-order valence-electron chi connectivity index (χ4n) is 2.02. The van der Waals surface area contributed by atoms with Gasteiger partial charge in [-0.05, 0) is 23.3 Å². The van der Waals surface area contributed by atoms with Gasteiger partial charge in [0.05, 0.1) is 7.11 Å². The third-order valence-corrected chi connectivity index (χ3v) is 4.83. The van der Waals surface area contributed by atoms with Gasteiger partial charge in [0.1, 0.15) is 10.7 Å². The van der Waals surface area contributed by atoms with Gasteiger partial charge in [-0.2, -0.15) is 0 Å². The van der Waals surface area contributed by atoms with Gasteiger partial charge < -0.3 is 9.47 Å².